The van der Waals surface area contributed by atoms with E-state index in [1.54, 1.807) is 0 Å². The molecule has 0 saturated heterocycles. The lowest BCUT2D eigenvalue weighted by molar-refractivity contribution is 0.263. The highest BCUT2D eigenvalue weighted by Gasteiger charge is 2.01. The average molecular weight is 178 g/mol. The molecule has 11 heavy (non-hydrogen) atoms. The molecule has 0 unspecified atom stereocenters. The number of unbranched alkanes of at least 4 members (excludes halogenated alkanes) is 2. The molecule has 0 aromatic rings. The standard InChI is InChI=1S/C6H10O4S/c1-2-3-4-5-6-10-11(7,8)9/h1H,3-6H2,(H,7,8,9). The molecule has 0 bridgehead atoms. The lowest BCUT2D eigenvalue weighted by Gasteiger charge is -1.96. The van der Waals surface area contributed by atoms with Gasteiger partial charge in [0.25, 0.3) is 0 Å². The Kier molecular flexibility index (Phi) is 4.86. The number of terminal acetylenes is 1. The zero-order chi connectivity index (χ0) is 8.74. The first-order valence-corrected chi connectivity index (χ1v) is 4.48. The smallest absolute Gasteiger partial charge is 0.264 e. The molecule has 64 valence electrons. The molecule has 0 radical (unpaired) electrons. The fourth-order valence-corrected chi connectivity index (χ4v) is 0.822. The minimum Gasteiger partial charge on any atom is -0.264 e. The van der Waals surface area contributed by atoms with Crippen LogP contribution in [0.5, 0.6) is 0 Å². The van der Waals surface area contributed by atoms with Crippen molar-refractivity contribution < 1.29 is 17.2 Å². The van der Waals surface area contributed by atoms with E-state index >= 15 is 0 Å². The van der Waals surface area contributed by atoms with Gasteiger partial charge < -0.3 is 0 Å². The highest BCUT2D eigenvalue weighted by molar-refractivity contribution is 7.80. The topological polar surface area (TPSA) is 63.6 Å². The highest BCUT2D eigenvalue weighted by atomic mass is 32.3. The second-order valence-corrected chi connectivity index (χ2v) is 3.00. The largest absolute Gasteiger partial charge is 0.397 e. The fourth-order valence-electron chi connectivity index (χ4n) is 0.493. The zero-order valence-electron chi connectivity index (χ0n) is 5.99. The van der Waals surface area contributed by atoms with Gasteiger partial charge in [-0.3, -0.25) is 4.55 Å². The van der Waals surface area contributed by atoms with Gasteiger partial charge in [-0.1, -0.05) is 0 Å². The number of hydrogen-bond donors (Lipinski definition) is 1. The molecule has 1 N–H and O–H groups in total. The number of hydrogen-bond acceptors (Lipinski definition) is 3. The molecule has 0 saturated carbocycles. The summed E-state index contributed by atoms with van der Waals surface area (Å²) in [7, 11) is -4.26. The second-order valence-electron chi connectivity index (χ2n) is 1.91. The van der Waals surface area contributed by atoms with Crippen LogP contribution in [0.4, 0.5) is 0 Å². The molecule has 0 spiro atoms. The third-order valence-corrected chi connectivity index (χ3v) is 1.41. The lowest BCUT2D eigenvalue weighted by Crippen LogP contribution is -2.04. The summed E-state index contributed by atoms with van der Waals surface area (Å²) in [6.07, 6.45) is 6.76. The van der Waals surface area contributed by atoms with Crippen molar-refractivity contribution >= 4 is 10.4 Å². The molecular weight excluding hydrogens is 168 g/mol. The van der Waals surface area contributed by atoms with Crippen molar-refractivity contribution in [2.75, 3.05) is 6.61 Å². The van der Waals surface area contributed by atoms with E-state index in [2.05, 4.69) is 10.1 Å². The molecule has 5 heteroatoms. The summed E-state index contributed by atoms with van der Waals surface area (Å²) in [6.45, 7) is -0.0134. The molecule has 0 aliphatic carbocycles. The molecule has 0 aromatic heterocycles. The molecular formula is C6H10O4S. The van der Waals surface area contributed by atoms with Crippen molar-refractivity contribution in [2.24, 2.45) is 0 Å². The Morgan fingerprint density at radius 2 is 2.09 bits per heavy atom. The Labute approximate surface area is 66.5 Å². The van der Waals surface area contributed by atoms with Gasteiger partial charge in [0.15, 0.2) is 0 Å². The van der Waals surface area contributed by atoms with Crippen LogP contribution in [0.2, 0.25) is 0 Å². The normalized spacial score (nSPS) is 10.9. The van der Waals surface area contributed by atoms with Crippen molar-refractivity contribution in [3.05, 3.63) is 0 Å². The Morgan fingerprint density at radius 1 is 1.45 bits per heavy atom. The average Bonchev–Trinajstić information content (AvgIpc) is 1.85. The third-order valence-electron chi connectivity index (χ3n) is 0.948. The maximum Gasteiger partial charge on any atom is 0.397 e. The van der Waals surface area contributed by atoms with Gasteiger partial charge in [-0.15, -0.1) is 12.3 Å². The molecule has 0 rings (SSSR count). The Balaban J connectivity index is 3.24. The Morgan fingerprint density at radius 3 is 2.55 bits per heavy atom. The van der Waals surface area contributed by atoms with Crippen molar-refractivity contribution in [1.29, 1.82) is 0 Å². The molecule has 4 nitrogen and oxygen atoms in total. The van der Waals surface area contributed by atoms with Crippen LogP contribution in [0.3, 0.4) is 0 Å². The Hall–Kier alpha value is -0.570. The molecule has 0 fully saturated rings. The molecule has 0 heterocycles. The van der Waals surface area contributed by atoms with Crippen LogP contribution in [0.25, 0.3) is 0 Å². The first-order valence-electron chi connectivity index (χ1n) is 3.11. The second kappa shape index (κ2) is 5.13. The van der Waals surface area contributed by atoms with Gasteiger partial charge in [-0.05, 0) is 12.8 Å². The number of rotatable bonds is 5. The van der Waals surface area contributed by atoms with Gasteiger partial charge in [-0.2, -0.15) is 8.42 Å². The van der Waals surface area contributed by atoms with Crippen LogP contribution in [-0.4, -0.2) is 19.6 Å². The van der Waals surface area contributed by atoms with E-state index in [9.17, 15) is 8.42 Å². The van der Waals surface area contributed by atoms with E-state index in [-0.39, 0.29) is 6.61 Å². The fraction of sp³-hybridized carbons (Fsp3) is 0.667. The summed E-state index contributed by atoms with van der Waals surface area (Å²) in [5.41, 5.74) is 0. The van der Waals surface area contributed by atoms with Crippen LogP contribution in [0.1, 0.15) is 19.3 Å². The predicted octanol–water partition coefficient (Wildman–Crippen LogP) is 0.609. The predicted molar refractivity (Wildman–Crippen MR) is 40.2 cm³/mol. The van der Waals surface area contributed by atoms with Crippen LogP contribution >= 0.6 is 0 Å². The summed E-state index contributed by atoms with van der Waals surface area (Å²) in [6, 6.07) is 0. The molecule has 0 amide bonds. The van der Waals surface area contributed by atoms with Crippen molar-refractivity contribution in [3.63, 3.8) is 0 Å². The zero-order valence-corrected chi connectivity index (χ0v) is 6.80. The van der Waals surface area contributed by atoms with Crippen molar-refractivity contribution in [3.8, 4) is 12.3 Å². The Bertz CT molecular complexity index is 223. The molecule has 0 aliphatic heterocycles. The summed E-state index contributed by atoms with van der Waals surface area (Å²) >= 11 is 0. The quantitative estimate of drug-likeness (QED) is 0.380. The highest BCUT2D eigenvalue weighted by Crippen LogP contribution is 1.96. The maximum absolute atomic E-state index is 9.96. The first-order chi connectivity index (χ1) is 5.06. The van der Waals surface area contributed by atoms with Gasteiger partial charge in [-0.25, -0.2) is 4.18 Å². The van der Waals surface area contributed by atoms with E-state index in [1.165, 1.54) is 0 Å². The first kappa shape index (κ1) is 10.4. The molecule has 0 atom stereocenters. The van der Waals surface area contributed by atoms with Gasteiger partial charge in [0.1, 0.15) is 0 Å². The van der Waals surface area contributed by atoms with Crippen LogP contribution in [0.15, 0.2) is 0 Å². The SMILES string of the molecule is C#CCCCCOS(=O)(=O)O. The van der Waals surface area contributed by atoms with Gasteiger partial charge in [0.05, 0.1) is 6.61 Å². The van der Waals surface area contributed by atoms with Crippen LogP contribution in [-0.2, 0) is 14.6 Å². The molecule has 0 aromatic carbocycles. The monoisotopic (exact) mass is 178 g/mol. The van der Waals surface area contributed by atoms with Gasteiger partial charge in [0, 0.05) is 6.42 Å². The van der Waals surface area contributed by atoms with Crippen molar-refractivity contribution in [2.45, 2.75) is 19.3 Å². The summed E-state index contributed by atoms with van der Waals surface area (Å²) in [5.74, 6) is 2.40. The van der Waals surface area contributed by atoms with E-state index in [0.717, 1.165) is 0 Å². The third kappa shape index (κ3) is 9.43. The summed E-state index contributed by atoms with van der Waals surface area (Å²) < 4.78 is 32.0. The lowest BCUT2D eigenvalue weighted by atomic mass is 10.2. The van der Waals surface area contributed by atoms with E-state index in [4.69, 9.17) is 11.0 Å². The van der Waals surface area contributed by atoms with E-state index < -0.39 is 10.4 Å². The van der Waals surface area contributed by atoms with Crippen LogP contribution < -0.4 is 0 Å². The van der Waals surface area contributed by atoms with E-state index in [1.807, 2.05) is 0 Å². The van der Waals surface area contributed by atoms with Gasteiger partial charge >= 0.3 is 10.4 Å². The van der Waals surface area contributed by atoms with Crippen molar-refractivity contribution in [1.82, 2.24) is 0 Å². The summed E-state index contributed by atoms with van der Waals surface area (Å²) in [5, 5.41) is 0. The van der Waals surface area contributed by atoms with Crippen LogP contribution in [0, 0.1) is 12.3 Å². The van der Waals surface area contributed by atoms with Gasteiger partial charge in [0.2, 0.25) is 0 Å². The minimum atomic E-state index is -4.26. The minimum absolute atomic E-state index is 0.0134. The maximum atomic E-state index is 9.96. The van der Waals surface area contributed by atoms with E-state index in [0.29, 0.717) is 19.3 Å². The molecule has 0 aliphatic rings. The summed E-state index contributed by atoms with van der Waals surface area (Å²) in [4.78, 5) is 0.